The zero-order chi connectivity index (χ0) is 7.14. The van der Waals surface area contributed by atoms with Crippen LogP contribution in [0.5, 0.6) is 0 Å². The zero-order valence-electron chi connectivity index (χ0n) is 5.79. The van der Waals surface area contributed by atoms with Crippen molar-refractivity contribution in [1.29, 1.82) is 0 Å². The number of aromatic nitrogens is 1. The highest BCUT2D eigenvalue weighted by atomic mass is 32.1. The number of fused-ring (bicyclic) bond motifs is 1. The second-order valence-electron chi connectivity index (χ2n) is 2.59. The first-order chi connectivity index (χ1) is 4.75. The molecule has 4 heteroatoms. The topological polar surface area (TPSA) is 42.2 Å². The number of nitrogens with two attached hydrogens (primary N) is 1. The number of nitrogen functional groups attached to an aromatic ring is 1. The van der Waals surface area contributed by atoms with E-state index in [-0.39, 0.29) is 0 Å². The fraction of sp³-hybridized carbons (Fsp3) is 0.500. The molecule has 2 rings (SSSR count). The van der Waals surface area contributed by atoms with Gasteiger partial charge in [0.2, 0.25) is 0 Å². The summed E-state index contributed by atoms with van der Waals surface area (Å²) in [5, 5.41) is 0.707. The Morgan fingerprint density at radius 3 is 3.10 bits per heavy atom. The van der Waals surface area contributed by atoms with E-state index in [2.05, 4.69) is 16.9 Å². The van der Waals surface area contributed by atoms with Crippen LogP contribution < -0.4 is 5.73 Å². The minimum absolute atomic E-state index is 0.707. The van der Waals surface area contributed by atoms with E-state index in [0.717, 1.165) is 13.1 Å². The number of rotatable bonds is 0. The van der Waals surface area contributed by atoms with Crippen molar-refractivity contribution < 1.29 is 0 Å². The Morgan fingerprint density at radius 2 is 2.40 bits per heavy atom. The minimum atomic E-state index is 0.707. The number of thiazole rings is 1. The molecule has 1 aromatic rings. The summed E-state index contributed by atoms with van der Waals surface area (Å²) >= 11 is 1.61. The monoisotopic (exact) mass is 155 g/mol. The van der Waals surface area contributed by atoms with Gasteiger partial charge in [0.15, 0.2) is 5.13 Å². The third-order valence-corrected chi connectivity index (χ3v) is 2.54. The molecule has 2 heterocycles. The van der Waals surface area contributed by atoms with E-state index >= 15 is 0 Å². The van der Waals surface area contributed by atoms with Gasteiger partial charge in [-0.05, 0) is 7.05 Å². The van der Waals surface area contributed by atoms with Crippen LogP contribution in [0.25, 0.3) is 0 Å². The average molecular weight is 155 g/mol. The van der Waals surface area contributed by atoms with Crippen molar-refractivity contribution >= 4 is 16.5 Å². The summed E-state index contributed by atoms with van der Waals surface area (Å²) in [6.07, 6.45) is 0. The molecule has 0 spiro atoms. The fourth-order valence-electron chi connectivity index (χ4n) is 1.21. The first-order valence-corrected chi connectivity index (χ1v) is 4.00. The van der Waals surface area contributed by atoms with Crippen LogP contribution in [0.4, 0.5) is 5.13 Å². The van der Waals surface area contributed by atoms with Crippen molar-refractivity contribution in [1.82, 2.24) is 9.88 Å². The van der Waals surface area contributed by atoms with E-state index in [4.69, 9.17) is 5.73 Å². The van der Waals surface area contributed by atoms with Gasteiger partial charge in [0, 0.05) is 18.0 Å². The summed E-state index contributed by atoms with van der Waals surface area (Å²) < 4.78 is 0. The predicted octanol–water partition coefficient (Wildman–Crippen LogP) is 0.671. The van der Waals surface area contributed by atoms with E-state index in [1.807, 2.05) is 0 Å². The van der Waals surface area contributed by atoms with Crippen LogP contribution in [0.15, 0.2) is 0 Å². The third-order valence-electron chi connectivity index (χ3n) is 1.63. The highest BCUT2D eigenvalue weighted by Gasteiger charge is 2.19. The molecule has 0 saturated carbocycles. The molecular weight excluding hydrogens is 146 g/mol. The molecule has 1 aromatic heterocycles. The van der Waals surface area contributed by atoms with Crippen molar-refractivity contribution in [3.05, 3.63) is 10.6 Å². The average Bonchev–Trinajstić information content (AvgIpc) is 2.21. The highest BCUT2D eigenvalue weighted by molar-refractivity contribution is 7.15. The van der Waals surface area contributed by atoms with Gasteiger partial charge in [-0.1, -0.05) is 0 Å². The van der Waals surface area contributed by atoms with Gasteiger partial charge < -0.3 is 5.73 Å². The van der Waals surface area contributed by atoms with E-state index < -0.39 is 0 Å². The van der Waals surface area contributed by atoms with Crippen molar-refractivity contribution in [3.63, 3.8) is 0 Å². The van der Waals surface area contributed by atoms with Gasteiger partial charge >= 0.3 is 0 Å². The second kappa shape index (κ2) is 1.93. The normalized spacial score (nSPS) is 17.7. The molecule has 1 aliphatic rings. The Kier molecular flexibility index (Phi) is 1.18. The summed E-state index contributed by atoms with van der Waals surface area (Å²) in [6.45, 7) is 1.98. The molecule has 0 unspecified atom stereocenters. The SMILES string of the molecule is CN1Cc2nc(N)sc2C1. The maximum Gasteiger partial charge on any atom is 0.180 e. The minimum Gasteiger partial charge on any atom is -0.375 e. The molecule has 0 fully saturated rings. The van der Waals surface area contributed by atoms with Crippen LogP contribution in [0.3, 0.4) is 0 Å². The van der Waals surface area contributed by atoms with E-state index in [1.165, 1.54) is 10.6 Å². The largest absolute Gasteiger partial charge is 0.375 e. The zero-order valence-corrected chi connectivity index (χ0v) is 6.61. The fourth-order valence-corrected chi connectivity index (χ4v) is 2.13. The second-order valence-corrected chi connectivity index (χ2v) is 3.71. The molecule has 0 saturated heterocycles. The van der Waals surface area contributed by atoms with Crippen molar-refractivity contribution in [2.45, 2.75) is 13.1 Å². The van der Waals surface area contributed by atoms with Crippen molar-refractivity contribution in [2.24, 2.45) is 0 Å². The predicted molar refractivity (Wildman–Crippen MR) is 41.7 cm³/mol. The lowest BCUT2D eigenvalue weighted by Gasteiger charge is -2.03. The summed E-state index contributed by atoms with van der Waals surface area (Å²) in [5.74, 6) is 0. The smallest absolute Gasteiger partial charge is 0.180 e. The molecule has 0 aromatic carbocycles. The summed E-state index contributed by atoms with van der Waals surface area (Å²) in [6, 6.07) is 0. The highest BCUT2D eigenvalue weighted by Crippen LogP contribution is 2.27. The van der Waals surface area contributed by atoms with Crippen LogP contribution in [-0.4, -0.2) is 16.9 Å². The maximum absolute atomic E-state index is 5.52. The molecule has 3 nitrogen and oxygen atoms in total. The molecule has 1 aliphatic heterocycles. The lowest BCUT2D eigenvalue weighted by Crippen LogP contribution is -2.08. The first-order valence-electron chi connectivity index (χ1n) is 3.18. The Bertz CT molecular complexity index is 232. The summed E-state index contributed by atoms with van der Waals surface area (Å²) in [5.41, 5.74) is 6.69. The Morgan fingerprint density at radius 1 is 1.60 bits per heavy atom. The van der Waals surface area contributed by atoms with Gasteiger partial charge in [0.25, 0.3) is 0 Å². The molecule has 0 atom stereocenters. The van der Waals surface area contributed by atoms with E-state index in [1.54, 1.807) is 11.3 Å². The lowest BCUT2D eigenvalue weighted by atomic mass is 10.4. The van der Waals surface area contributed by atoms with Crippen LogP contribution in [0, 0.1) is 0 Å². The molecule has 0 radical (unpaired) electrons. The Balaban J connectivity index is 2.39. The lowest BCUT2D eigenvalue weighted by molar-refractivity contribution is 0.352. The molecule has 0 aliphatic carbocycles. The van der Waals surface area contributed by atoms with Crippen molar-refractivity contribution in [3.8, 4) is 0 Å². The van der Waals surface area contributed by atoms with Crippen LogP contribution in [-0.2, 0) is 13.1 Å². The van der Waals surface area contributed by atoms with Gasteiger partial charge in [-0.15, -0.1) is 11.3 Å². The van der Waals surface area contributed by atoms with Gasteiger partial charge in [-0.25, -0.2) is 4.98 Å². The molecule has 54 valence electrons. The molecule has 0 bridgehead atoms. The standard InChI is InChI=1S/C6H9N3S/c1-9-2-4-5(3-9)10-6(7)8-4/h2-3H2,1H3,(H2,7,8). The van der Waals surface area contributed by atoms with Crippen molar-refractivity contribution in [2.75, 3.05) is 12.8 Å². The quantitative estimate of drug-likeness (QED) is 0.598. The summed E-state index contributed by atoms with van der Waals surface area (Å²) in [4.78, 5) is 7.76. The Hall–Kier alpha value is -0.610. The van der Waals surface area contributed by atoms with Crippen LogP contribution in [0.1, 0.15) is 10.6 Å². The van der Waals surface area contributed by atoms with Gasteiger partial charge in [0.1, 0.15) is 0 Å². The number of nitrogens with zero attached hydrogens (tertiary/aromatic N) is 2. The van der Waals surface area contributed by atoms with Gasteiger partial charge in [-0.3, -0.25) is 4.90 Å². The summed E-state index contributed by atoms with van der Waals surface area (Å²) in [7, 11) is 2.09. The van der Waals surface area contributed by atoms with E-state index in [9.17, 15) is 0 Å². The van der Waals surface area contributed by atoms with Crippen LogP contribution >= 0.6 is 11.3 Å². The van der Waals surface area contributed by atoms with Gasteiger partial charge in [-0.2, -0.15) is 0 Å². The van der Waals surface area contributed by atoms with Crippen LogP contribution in [0.2, 0.25) is 0 Å². The van der Waals surface area contributed by atoms with Gasteiger partial charge in [0.05, 0.1) is 5.69 Å². The molecular formula is C6H9N3S. The Labute approximate surface area is 63.5 Å². The maximum atomic E-state index is 5.52. The first kappa shape index (κ1) is 6.12. The molecule has 2 N–H and O–H groups in total. The van der Waals surface area contributed by atoms with E-state index in [0.29, 0.717) is 5.13 Å². The molecule has 0 amide bonds. The third kappa shape index (κ3) is 0.803. The number of hydrogen-bond acceptors (Lipinski definition) is 4. The molecule has 10 heavy (non-hydrogen) atoms. The number of anilines is 1. The number of hydrogen-bond donors (Lipinski definition) is 1.